The van der Waals surface area contributed by atoms with Gasteiger partial charge in [0.1, 0.15) is 11.4 Å². The molecule has 11 heteroatoms. The molecule has 0 unspecified atom stereocenters. The van der Waals surface area contributed by atoms with Gasteiger partial charge in [-0.15, -0.1) is 0 Å². The minimum absolute atomic E-state index is 0.180. The number of unbranched alkanes of at least 4 members (excludes halogenated alkanes) is 2. The molecule has 4 N–H and O–H groups in total. The first kappa shape index (κ1) is 47.3. The van der Waals surface area contributed by atoms with Crippen LogP contribution in [-0.2, 0) is 13.1 Å². The number of rotatable bonds is 24. The van der Waals surface area contributed by atoms with E-state index in [4.69, 9.17) is 0 Å². The highest BCUT2D eigenvalue weighted by Gasteiger charge is 2.14. The first-order chi connectivity index (χ1) is 32.3. The molecule has 0 bridgehead atoms. The van der Waals surface area contributed by atoms with E-state index in [1.165, 1.54) is 12.8 Å². The van der Waals surface area contributed by atoms with Crippen LogP contribution in [0, 0.1) is 0 Å². The average molecular weight is 884 g/mol. The van der Waals surface area contributed by atoms with Crippen molar-refractivity contribution in [2.24, 2.45) is 0 Å². The Balaban J connectivity index is 0.869. The van der Waals surface area contributed by atoms with Crippen molar-refractivity contribution < 1.29 is 9.59 Å². The van der Waals surface area contributed by atoms with Crippen molar-refractivity contribution in [3.05, 3.63) is 150 Å². The number of amides is 2. The molecule has 0 fully saturated rings. The summed E-state index contributed by atoms with van der Waals surface area (Å²) in [5.74, 6) is -0.702. The lowest BCUT2D eigenvalue weighted by Gasteiger charge is -2.17. The Bertz CT molecular complexity index is 2480. The van der Waals surface area contributed by atoms with Gasteiger partial charge in [0.15, 0.2) is 0 Å². The van der Waals surface area contributed by atoms with E-state index < -0.39 is 0 Å². The zero-order chi connectivity index (χ0) is 46.1. The van der Waals surface area contributed by atoms with E-state index in [9.17, 15) is 9.59 Å². The summed E-state index contributed by atoms with van der Waals surface area (Å²) in [5.41, 5.74) is 10.6. The average Bonchev–Trinajstić information content (AvgIpc) is 3.37. The lowest BCUT2D eigenvalue weighted by molar-refractivity contribution is 0.0941. The molecule has 0 aliphatic carbocycles. The number of nitrogens with one attached hydrogen (secondary N) is 4. The Kier molecular flexibility index (Phi) is 17.2. The van der Waals surface area contributed by atoms with Crippen LogP contribution in [0.25, 0.3) is 44.1 Å². The van der Waals surface area contributed by atoms with E-state index in [1.54, 1.807) is 18.2 Å². The fourth-order valence-electron chi connectivity index (χ4n) is 8.27. The Morgan fingerprint density at radius 2 is 0.894 bits per heavy atom. The summed E-state index contributed by atoms with van der Waals surface area (Å²) in [7, 11) is 0. The molecular weight excluding hydrogens is 819 g/mol. The third kappa shape index (κ3) is 12.8. The van der Waals surface area contributed by atoms with Crippen LogP contribution in [0.15, 0.2) is 128 Å². The number of fused-ring (bicyclic) bond motifs is 2. The van der Waals surface area contributed by atoms with Crippen LogP contribution < -0.4 is 21.3 Å². The third-order valence-electron chi connectivity index (χ3n) is 12.4. The molecule has 0 spiro atoms. The molecule has 0 aliphatic heterocycles. The second-order valence-electron chi connectivity index (χ2n) is 16.7. The number of carbonyl (C=O) groups excluding carboxylic acids is 2. The van der Waals surface area contributed by atoms with Crippen molar-refractivity contribution in [1.82, 2.24) is 35.4 Å². The summed E-state index contributed by atoms with van der Waals surface area (Å²) < 4.78 is 0. The van der Waals surface area contributed by atoms with Crippen LogP contribution >= 0.6 is 0 Å². The van der Waals surface area contributed by atoms with Crippen molar-refractivity contribution >= 4 is 45.0 Å². The van der Waals surface area contributed by atoms with Gasteiger partial charge in [-0.05, 0) is 135 Å². The second kappa shape index (κ2) is 24.0. The predicted octanol–water partition coefficient (Wildman–Crippen LogP) is 10.4. The molecule has 7 aromatic rings. The van der Waals surface area contributed by atoms with Gasteiger partial charge >= 0.3 is 0 Å². The molecule has 3 aromatic heterocycles. The minimum Gasteiger partial charge on any atom is -0.384 e. The first-order valence-corrected chi connectivity index (χ1v) is 23.8. The monoisotopic (exact) mass is 884 g/mol. The van der Waals surface area contributed by atoms with Crippen molar-refractivity contribution in [2.45, 2.75) is 66.5 Å². The standard InChI is InChI=1S/C55H65N9O2/c1-5-63(6-2)34-11-9-30-56-48-28-32-58-52-36-44(24-26-46(48)52)42-20-16-40(17-21-42)38-60-54(65)50-14-13-15-51(62-50)55(66)61-39-41-18-22-43(23-19-41)45-25-27-47-49(29-33-59-53(47)37-45)57-31-10-12-35-64(7-3)8-4/h13-29,32-33,36-37H,5-12,30-31,34-35,38-39H2,1-4H3,(H,56,58)(H,57,59)(H,60,65)(H,61,66). The van der Waals surface area contributed by atoms with Gasteiger partial charge in [0.25, 0.3) is 11.8 Å². The molecule has 0 saturated carbocycles. The maximum Gasteiger partial charge on any atom is 0.270 e. The fraction of sp³-hybridized carbons (Fsp3) is 0.327. The topological polar surface area (TPSA) is 127 Å². The number of benzene rings is 4. The first-order valence-electron chi connectivity index (χ1n) is 23.8. The number of hydrogen-bond donors (Lipinski definition) is 4. The summed E-state index contributed by atoms with van der Waals surface area (Å²) in [6, 6.07) is 38.1. The summed E-state index contributed by atoms with van der Waals surface area (Å²) in [5, 5.41) is 15.4. The summed E-state index contributed by atoms with van der Waals surface area (Å²) >= 11 is 0. The predicted molar refractivity (Wildman–Crippen MR) is 272 cm³/mol. The number of anilines is 2. The highest BCUT2D eigenvalue weighted by molar-refractivity contribution is 5.97. The van der Waals surface area contributed by atoms with E-state index in [0.29, 0.717) is 13.1 Å². The molecule has 0 saturated heterocycles. The van der Waals surface area contributed by atoms with Crippen LogP contribution in [0.1, 0.15) is 85.5 Å². The van der Waals surface area contributed by atoms with E-state index in [1.807, 2.05) is 48.8 Å². The van der Waals surface area contributed by atoms with Gasteiger partial charge in [-0.25, -0.2) is 4.98 Å². The smallest absolute Gasteiger partial charge is 0.270 e. The van der Waals surface area contributed by atoms with Crippen LogP contribution in [0.5, 0.6) is 0 Å². The van der Waals surface area contributed by atoms with Gasteiger partial charge in [-0.2, -0.15) is 0 Å². The molecule has 66 heavy (non-hydrogen) atoms. The fourth-order valence-corrected chi connectivity index (χ4v) is 8.27. The van der Waals surface area contributed by atoms with E-state index in [-0.39, 0.29) is 23.2 Å². The number of pyridine rings is 3. The highest BCUT2D eigenvalue weighted by atomic mass is 16.2. The summed E-state index contributed by atoms with van der Waals surface area (Å²) in [4.78, 5) is 45.0. The number of nitrogens with zero attached hydrogens (tertiary/aromatic N) is 5. The molecule has 0 atom stereocenters. The molecular formula is C55H65N9O2. The van der Waals surface area contributed by atoms with E-state index in [2.05, 4.69) is 134 Å². The molecule has 0 radical (unpaired) electrons. The SMILES string of the molecule is CCN(CC)CCCCNc1ccnc2cc(-c3ccc(CNC(=O)c4cccc(C(=O)NCc5ccc(-c6ccc7c(NCCCCN(CC)CC)ccnc7c6)cc5)n4)cc3)ccc12. The molecule has 342 valence electrons. The molecule has 11 nitrogen and oxygen atoms in total. The zero-order valence-corrected chi connectivity index (χ0v) is 39.1. The van der Waals surface area contributed by atoms with Gasteiger partial charge in [-0.1, -0.05) is 107 Å². The highest BCUT2D eigenvalue weighted by Crippen LogP contribution is 2.29. The second-order valence-corrected chi connectivity index (χ2v) is 16.7. The van der Waals surface area contributed by atoms with Crippen LogP contribution in [-0.4, -0.2) is 88.9 Å². The van der Waals surface area contributed by atoms with Crippen molar-refractivity contribution in [3.63, 3.8) is 0 Å². The van der Waals surface area contributed by atoms with E-state index in [0.717, 1.165) is 132 Å². The molecule has 4 aromatic carbocycles. The van der Waals surface area contributed by atoms with Gasteiger partial charge in [0, 0.05) is 60.7 Å². The third-order valence-corrected chi connectivity index (χ3v) is 12.4. The van der Waals surface area contributed by atoms with Crippen molar-refractivity contribution in [2.75, 3.05) is 63.0 Å². The summed E-state index contributed by atoms with van der Waals surface area (Å²) in [6.45, 7) is 18.0. The maximum absolute atomic E-state index is 13.2. The largest absolute Gasteiger partial charge is 0.384 e. The number of carbonyl (C=O) groups is 2. The summed E-state index contributed by atoms with van der Waals surface area (Å²) in [6.07, 6.45) is 8.31. The normalized spacial score (nSPS) is 11.4. The Morgan fingerprint density at radius 3 is 1.30 bits per heavy atom. The zero-order valence-electron chi connectivity index (χ0n) is 39.1. The van der Waals surface area contributed by atoms with Crippen LogP contribution in [0.3, 0.4) is 0 Å². The number of aromatic nitrogens is 3. The lowest BCUT2D eigenvalue weighted by Crippen LogP contribution is -2.27. The Morgan fingerprint density at radius 1 is 0.485 bits per heavy atom. The van der Waals surface area contributed by atoms with Gasteiger partial charge in [0.2, 0.25) is 0 Å². The van der Waals surface area contributed by atoms with Gasteiger partial charge in [0.05, 0.1) is 11.0 Å². The minimum atomic E-state index is -0.351. The quantitative estimate of drug-likeness (QED) is 0.0439. The molecule has 0 aliphatic rings. The molecule has 3 heterocycles. The van der Waals surface area contributed by atoms with Gasteiger partial charge < -0.3 is 31.1 Å². The van der Waals surface area contributed by atoms with Crippen LogP contribution in [0.4, 0.5) is 11.4 Å². The van der Waals surface area contributed by atoms with Crippen LogP contribution in [0.2, 0.25) is 0 Å². The number of hydrogen-bond acceptors (Lipinski definition) is 9. The van der Waals surface area contributed by atoms with E-state index >= 15 is 0 Å². The van der Waals surface area contributed by atoms with Crippen molar-refractivity contribution in [3.8, 4) is 22.3 Å². The molecule has 7 rings (SSSR count). The molecule has 2 amide bonds. The Hall–Kier alpha value is -6.69. The maximum atomic E-state index is 13.2. The Labute approximate surface area is 390 Å². The lowest BCUT2D eigenvalue weighted by atomic mass is 10.0. The van der Waals surface area contributed by atoms with Crippen molar-refractivity contribution in [1.29, 1.82) is 0 Å². The van der Waals surface area contributed by atoms with Gasteiger partial charge in [-0.3, -0.25) is 19.6 Å².